The van der Waals surface area contributed by atoms with Crippen LogP contribution in [-0.2, 0) is 4.79 Å². The molecule has 32 heavy (non-hydrogen) atoms. The van der Waals surface area contributed by atoms with Crippen molar-refractivity contribution in [2.75, 3.05) is 66.5 Å². The van der Waals surface area contributed by atoms with Crippen molar-refractivity contribution in [3.8, 4) is 0 Å². The number of carbonyl (C=O) groups excluding carboxylic acids is 1. The molecule has 5 heteroatoms. The zero-order valence-electron chi connectivity index (χ0n) is 19.7. The van der Waals surface area contributed by atoms with Crippen molar-refractivity contribution in [2.45, 2.75) is 18.9 Å². The number of amides is 1. The van der Waals surface area contributed by atoms with Gasteiger partial charge in [-0.25, -0.2) is 0 Å². The van der Waals surface area contributed by atoms with Gasteiger partial charge in [0, 0.05) is 32.7 Å². The Labute approximate surface area is 193 Å². The Balaban J connectivity index is 1.32. The molecule has 0 atom stereocenters. The minimum absolute atomic E-state index is 0.0760. The molecule has 1 amide bonds. The smallest absolute Gasteiger partial charge is 0.236 e. The first-order chi connectivity index (χ1) is 15.6. The fourth-order valence-corrected chi connectivity index (χ4v) is 5.17. The van der Waals surface area contributed by atoms with Crippen molar-refractivity contribution < 1.29 is 4.79 Å². The highest BCUT2D eigenvalue weighted by Crippen LogP contribution is 2.27. The van der Waals surface area contributed by atoms with E-state index in [2.05, 4.69) is 82.2 Å². The average molecular weight is 435 g/mol. The summed E-state index contributed by atoms with van der Waals surface area (Å²) in [6, 6.07) is 21.1. The SMILES string of the molecule is CN1CCC(CN2CCN(C(=O)CN(C)C(c3ccccc3)c3ccccc3)CC2)CC1. The number of rotatable bonds is 7. The number of carbonyl (C=O) groups is 1. The molecule has 2 saturated heterocycles. The molecule has 2 aromatic carbocycles. The van der Waals surface area contributed by atoms with Crippen molar-refractivity contribution in [1.29, 1.82) is 0 Å². The number of nitrogens with zero attached hydrogens (tertiary/aromatic N) is 4. The average Bonchev–Trinajstić information content (AvgIpc) is 2.82. The van der Waals surface area contributed by atoms with Gasteiger partial charge in [-0.3, -0.25) is 14.6 Å². The molecule has 2 aromatic rings. The summed E-state index contributed by atoms with van der Waals surface area (Å²) in [5.74, 6) is 1.06. The first-order valence-corrected chi connectivity index (χ1v) is 12.1. The van der Waals surface area contributed by atoms with Crippen molar-refractivity contribution >= 4 is 5.91 Å². The van der Waals surface area contributed by atoms with E-state index in [9.17, 15) is 4.79 Å². The normalized spacial score (nSPS) is 19.1. The summed E-state index contributed by atoms with van der Waals surface area (Å²) in [6.45, 7) is 7.77. The van der Waals surface area contributed by atoms with Gasteiger partial charge in [-0.1, -0.05) is 60.7 Å². The van der Waals surface area contributed by atoms with E-state index < -0.39 is 0 Å². The van der Waals surface area contributed by atoms with E-state index in [1.807, 2.05) is 12.1 Å². The number of piperidine rings is 1. The Hall–Kier alpha value is -2.21. The molecule has 0 saturated carbocycles. The second-order valence-electron chi connectivity index (χ2n) is 9.57. The van der Waals surface area contributed by atoms with Gasteiger partial charge in [0.2, 0.25) is 5.91 Å². The molecule has 2 aliphatic rings. The molecule has 0 radical (unpaired) electrons. The number of piperazine rings is 1. The number of hydrogen-bond donors (Lipinski definition) is 0. The molecule has 2 heterocycles. The van der Waals surface area contributed by atoms with Crippen LogP contribution in [0.15, 0.2) is 60.7 Å². The molecular formula is C27H38N4O. The van der Waals surface area contributed by atoms with Crippen LogP contribution in [0.3, 0.4) is 0 Å². The van der Waals surface area contributed by atoms with E-state index >= 15 is 0 Å². The lowest BCUT2D eigenvalue weighted by atomic mass is 9.96. The Kier molecular flexibility index (Phi) is 7.95. The molecule has 0 spiro atoms. The maximum atomic E-state index is 13.2. The van der Waals surface area contributed by atoms with Crippen molar-refractivity contribution in [3.05, 3.63) is 71.8 Å². The lowest BCUT2D eigenvalue weighted by Crippen LogP contribution is -2.52. The molecular weight excluding hydrogens is 396 g/mol. The third-order valence-electron chi connectivity index (χ3n) is 7.14. The van der Waals surface area contributed by atoms with Crippen molar-refractivity contribution in [3.63, 3.8) is 0 Å². The number of benzene rings is 2. The molecule has 0 aromatic heterocycles. The van der Waals surface area contributed by atoms with Crippen LogP contribution in [-0.4, -0.2) is 92.0 Å². The van der Waals surface area contributed by atoms with Crippen molar-refractivity contribution in [1.82, 2.24) is 19.6 Å². The fourth-order valence-electron chi connectivity index (χ4n) is 5.17. The quantitative estimate of drug-likeness (QED) is 0.670. The minimum atomic E-state index is 0.0760. The van der Waals surface area contributed by atoms with Gasteiger partial charge >= 0.3 is 0 Å². The van der Waals surface area contributed by atoms with Crippen LogP contribution >= 0.6 is 0 Å². The zero-order valence-corrected chi connectivity index (χ0v) is 19.7. The Bertz CT molecular complexity index is 788. The highest BCUT2D eigenvalue weighted by molar-refractivity contribution is 5.78. The van der Waals surface area contributed by atoms with Gasteiger partial charge in [-0.05, 0) is 57.1 Å². The summed E-state index contributed by atoms with van der Waals surface area (Å²) in [4.78, 5) is 22.4. The molecule has 0 unspecified atom stereocenters. The standard InChI is InChI=1S/C27H38N4O/c1-28-15-13-23(14-16-28)21-30-17-19-31(20-18-30)26(32)22-29(2)27(24-9-5-3-6-10-24)25-11-7-4-8-12-25/h3-12,23,27H,13-22H2,1-2H3. The molecule has 2 fully saturated rings. The molecule has 0 bridgehead atoms. The van der Waals surface area contributed by atoms with E-state index in [1.54, 1.807) is 0 Å². The summed E-state index contributed by atoms with van der Waals surface area (Å²) in [6.07, 6.45) is 2.61. The van der Waals surface area contributed by atoms with Crippen molar-refractivity contribution in [2.24, 2.45) is 5.92 Å². The topological polar surface area (TPSA) is 30.0 Å². The molecule has 5 nitrogen and oxygen atoms in total. The molecule has 172 valence electrons. The first kappa shape index (κ1) is 23.0. The summed E-state index contributed by atoms with van der Waals surface area (Å²) in [5, 5.41) is 0. The van der Waals surface area contributed by atoms with Crippen LogP contribution in [0.4, 0.5) is 0 Å². The van der Waals surface area contributed by atoms with Crippen LogP contribution in [0.1, 0.15) is 30.0 Å². The van der Waals surface area contributed by atoms with Gasteiger partial charge in [0.15, 0.2) is 0 Å². The van der Waals surface area contributed by atoms with E-state index in [0.29, 0.717) is 6.54 Å². The zero-order chi connectivity index (χ0) is 22.3. The second kappa shape index (κ2) is 11.1. The van der Waals surface area contributed by atoms with Gasteiger partial charge in [0.25, 0.3) is 0 Å². The Morgan fingerprint density at radius 2 is 1.41 bits per heavy atom. The fraction of sp³-hybridized carbons (Fsp3) is 0.519. The molecule has 4 rings (SSSR count). The highest BCUT2D eigenvalue weighted by Gasteiger charge is 2.27. The number of likely N-dealkylation sites (N-methyl/N-ethyl adjacent to an activating group) is 1. The van der Waals surface area contributed by atoms with Crippen LogP contribution in [0.5, 0.6) is 0 Å². The maximum Gasteiger partial charge on any atom is 0.236 e. The van der Waals surface area contributed by atoms with Crippen LogP contribution in [0.25, 0.3) is 0 Å². The van der Waals surface area contributed by atoms with Gasteiger partial charge in [0.1, 0.15) is 0 Å². The van der Waals surface area contributed by atoms with Gasteiger partial charge in [-0.2, -0.15) is 0 Å². The number of likely N-dealkylation sites (tertiary alicyclic amines) is 1. The molecule has 0 aliphatic carbocycles. The largest absolute Gasteiger partial charge is 0.339 e. The van der Waals surface area contributed by atoms with E-state index in [0.717, 1.165) is 32.1 Å². The third-order valence-corrected chi connectivity index (χ3v) is 7.14. The summed E-state index contributed by atoms with van der Waals surface area (Å²) >= 11 is 0. The predicted molar refractivity (Wildman–Crippen MR) is 131 cm³/mol. The highest BCUT2D eigenvalue weighted by atomic mass is 16.2. The lowest BCUT2D eigenvalue weighted by molar-refractivity contribution is -0.134. The van der Waals surface area contributed by atoms with Gasteiger partial charge in [-0.15, -0.1) is 0 Å². The van der Waals surface area contributed by atoms with E-state index in [4.69, 9.17) is 0 Å². The van der Waals surface area contributed by atoms with Crippen LogP contribution in [0, 0.1) is 5.92 Å². The first-order valence-electron chi connectivity index (χ1n) is 12.1. The predicted octanol–water partition coefficient (Wildman–Crippen LogP) is 3.19. The van der Waals surface area contributed by atoms with Gasteiger partial charge < -0.3 is 9.80 Å². The summed E-state index contributed by atoms with van der Waals surface area (Å²) < 4.78 is 0. The number of hydrogen-bond acceptors (Lipinski definition) is 4. The van der Waals surface area contributed by atoms with Crippen LogP contribution < -0.4 is 0 Å². The van der Waals surface area contributed by atoms with Crippen LogP contribution in [0.2, 0.25) is 0 Å². The molecule has 2 aliphatic heterocycles. The van der Waals surface area contributed by atoms with E-state index in [-0.39, 0.29) is 11.9 Å². The Morgan fingerprint density at radius 3 is 1.94 bits per heavy atom. The second-order valence-corrected chi connectivity index (χ2v) is 9.57. The molecule has 0 N–H and O–H groups in total. The maximum absolute atomic E-state index is 13.2. The third kappa shape index (κ3) is 5.97. The van der Waals surface area contributed by atoms with E-state index in [1.165, 1.54) is 43.6 Å². The minimum Gasteiger partial charge on any atom is -0.339 e. The lowest BCUT2D eigenvalue weighted by Gasteiger charge is -2.39. The Morgan fingerprint density at radius 1 is 0.875 bits per heavy atom. The van der Waals surface area contributed by atoms with Gasteiger partial charge in [0.05, 0.1) is 12.6 Å². The summed E-state index contributed by atoms with van der Waals surface area (Å²) in [7, 11) is 4.29. The summed E-state index contributed by atoms with van der Waals surface area (Å²) in [5.41, 5.74) is 2.44. The monoisotopic (exact) mass is 434 g/mol.